The van der Waals surface area contributed by atoms with E-state index in [0.29, 0.717) is 40.0 Å². The lowest BCUT2D eigenvalue weighted by atomic mass is 10.1. The second-order valence-electron chi connectivity index (χ2n) is 10.1. The first-order chi connectivity index (χ1) is 17.8. The molecule has 0 aliphatic carbocycles. The van der Waals surface area contributed by atoms with E-state index in [-0.39, 0.29) is 11.0 Å². The van der Waals surface area contributed by atoms with E-state index in [9.17, 15) is 18.3 Å². The SMILES string of the molecule is CC(C)OC(=O)Nc1ccc(-c2ncc(-c3ccc(N4CCOC4O)cc3S(=O)(=O)NC(C)(C)C)s2)cc1. The van der Waals surface area contributed by atoms with E-state index in [4.69, 9.17) is 9.47 Å². The van der Waals surface area contributed by atoms with Crippen LogP contribution in [0, 0.1) is 0 Å². The Labute approximate surface area is 226 Å². The third-order valence-corrected chi connectivity index (χ3v) is 8.26. The number of rotatable bonds is 7. The number of aromatic nitrogens is 1. The fourth-order valence-electron chi connectivity index (χ4n) is 3.88. The van der Waals surface area contributed by atoms with Crippen LogP contribution < -0.4 is 14.9 Å². The van der Waals surface area contributed by atoms with E-state index in [0.717, 1.165) is 5.56 Å². The van der Waals surface area contributed by atoms with Crippen molar-refractivity contribution >= 4 is 38.8 Å². The van der Waals surface area contributed by atoms with Gasteiger partial charge in [0.15, 0.2) is 0 Å². The van der Waals surface area contributed by atoms with Crippen molar-refractivity contribution in [1.82, 2.24) is 9.71 Å². The maximum atomic E-state index is 13.5. The second-order valence-corrected chi connectivity index (χ2v) is 12.8. The van der Waals surface area contributed by atoms with E-state index in [1.54, 1.807) is 76.0 Å². The zero-order valence-electron chi connectivity index (χ0n) is 21.9. The van der Waals surface area contributed by atoms with Crippen LogP contribution in [-0.4, -0.2) is 55.8 Å². The van der Waals surface area contributed by atoms with Crippen LogP contribution in [0.2, 0.25) is 0 Å². The molecule has 204 valence electrons. The van der Waals surface area contributed by atoms with Crippen molar-refractivity contribution in [2.24, 2.45) is 0 Å². The summed E-state index contributed by atoms with van der Waals surface area (Å²) in [4.78, 5) is 18.7. The molecule has 4 rings (SSSR count). The van der Waals surface area contributed by atoms with Crippen LogP contribution in [0.15, 0.2) is 53.6 Å². The van der Waals surface area contributed by atoms with Gasteiger partial charge in [0, 0.05) is 40.8 Å². The van der Waals surface area contributed by atoms with Gasteiger partial charge in [0.05, 0.1) is 22.5 Å². The summed E-state index contributed by atoms with van der Waals surface area (Å²) >= 11 is 1.35. The summed E-state index contributed by atoms with van der Waals surface area (Å²) in [5.41, 5.74) is 1.74. The summed E-state index contributed by atoms with van der Waals surface area (Å²) in [5.74, 6) is 0. The third-order valence-electron chi connectivity index (χ3n) is 5.38. The monoisotopic (exact) mass is 560 g/mol. The topological polar surface area (TPSA) is 130 Å². The van der Waals surface area contributed by atoms with E-state index >= 15 is 0 Å². The highest BCUT2D eigenvalue weighted by Crippen LogP contribution is 2.38. The molecule has 1 aliphatic heterocycles. The van der Waals surface area contributed by atoms with E-state index in [1.165, 1.54) is 11.3 Å². The van der Waals surface area contributed by atoms with Crippen molar-refractivity contribution in [3.8, 4) is 21.0 Å². The van der Waals surface area contributed by atoms with Gasteiger partial charge in [-0.1, -0.05) is 6.07 Å². The average molecular weight is 561 g/mol. The standard InChI is InChI=1S/C26H32N4O6S2/c1-16(2)36-24(31)28-18-8-6-17(7-9-18)23-27-15-21(37-23)20-11-10-19(30-12-13-35-25(30)32)14-22(20)38(33,34)29-26(3,4)5/h6-11,14-16,25,29,32H,12-13H2,1-5H3,(H,28,31). The Balaban J connectivity index is 1.66. The van der Waals surface area contributed by atoms with Crippen molar-refractivity contribution in [1.29, 1.82) is 0 Å². The number of nitrogens with one attached hydrogen (secondary N) is 2. The van der Waals surface area contributed by atoms with Gasteiger partial charge in [0.1, 0.15) is 5.01 Å². The molecule has 0 radical (unpaired) electrons. The number of anilines is 2. The molecule has 0 saturated carbocycles. The summed E-state index contributed by atoms with van der Waals surface area (Å²) in [7, 11) is -3.92. The average Bonchev–Trinajstić information content (AvgIpc) is 3.46. The maximum Gasteiger partial charge on any atom is 0.411 e. The number of nitrogens with zero attached hydrogens (tertiary/aromatic N) is 2. The molecular weight excluding hydrogens is 528 g/mol. The minimum absolute atomic E-state index is 0.0856. The number of carbonyl (C=O) groups excluding carboxylic acids is 1. The summed E-state index contributed by atoms with van der Waals surface area (Å²) in [6.07, 6.45) is -0.242. The van der Waals surface area contributed by atoms with Crippen LogP contribution in [0.4, 0.5) is 16.2 Å². The predicted octanol–water partition coefficient (Wildman–Crippen LogP) is 4.62. The molecule has 0 bridgehead atoms. The number of amides is 1. The number of sulfonamides is 1. The molecule has 1 unspecified atom stereocenters. The quantitative estimate of drug-likeness (QED) is 0.382. The molecular formula is C26H32N4O6S2. The predicted molar refractivity (Wildman–Crippen MR) is 148 cm³/mol. The smallest absolute Gasteiger partial charge is 0.411 e. The lowest BCUT2D eigenvalue weighted by Crippen LogP contribution is -2.40. The summed E-state index contributed by atoms with van der Waals surface area (Å²) in [6.45, 7) is 9.66. The summed E-state index contributed by atoms with van der Waals surface area (Å²) in [6, 6.07) is 12.2. The summed E-state index contributed by atoms with van der Waals surface area (Å²) in [5, 5.41) is 13.5. The molecule has 2 aromatic carbocycles. The molecule has 3 N–H and O–H groups in total. The van der Waals surface area contributed by atoms with Crippen LogP contribution in [0.1, 0.15) is 34.6 Å². The van der Waals surface area contributed by atoms with Gasteiger partial charge in [0.2, 0.25) is 16.4 Å². The lowest BCUT2D eigenvalue weighted by Gasteiger charge is -2.24. The molecule has 1 atom stereocenters. The van der Waals surface area contributed by atoms with Crippen LogP contribution in [-0.2, 0) is 19.5 Å². The first-order valence-corrected chi connectivity index (χ1v) is 14.4. The molecule has 3 aromatic rings. The van der Waals surface area contributed by atoms with Crippen molar-refractivity contribution in [3.63, 3.8) is 0 Å². The molecule has 2 heterocycles. The fraction of sp³-hybridized carbons (Fsp3) is 0.385. The van der Waals surface area contributed by atoms with Crippen molar-refractivity contribution in [2.45, 2.75) is 57.6 Å². The number of carbonyl (C=O) groups is 1. The molecule has 1 aliphatic rings. The van der Waals surface area contributed by atoms with E-state index in [1.807, 2.05) is 12.1 Å². The number of thiazole rings is 1. The first kappa shape index (κ1) is 28.0. The van der Waals surface area contributed by atoms with Gasteiger partial charge in [-0.25, -0.2) is 22.9 Å². The third kappa shape index (κ3) is 6.69. The molecule has 10 nitrogen and oxygen atoms in total. The highest BCUT2D eigenvalue weighted by molar-refractivity contribution is 7.89. The van der Waals surface area contributed by atoms with Crippen molar-refractivity contribution in [2.75, 3.05) is 23.4 Å². The van der Waals surface area contributed by atoms with E-state index < -0.39 is 28.1 Å². The van der Waals surface area contributed by atoms with Gasteiger partial charge >= 0.3 is 6.09 Å². The van der Waals surface area contributed by atoms with Gasteiger partial charge in [-0.05, 0) is 71.0 Å². The van der Waals surface area contributed by atoms with E-state index in [2.05, 4.69) is 15.0 Å². The Morgan fingerprint density at radius 1 is 1.21 bits per heavy atom. The molecule has 1 amide bonds. The van der Waals surface area contributed by atoms with Gasteiger partial charge in [0.25, 0.3) is 0 Å². The maximum absolute atomic E-state index is 13.5. The highest BCUT2D eigenvalue weighted by atomic mass is 32.2. The molecule has 0 spiro atoms. The Morgan fingerprint density at radius 2 is 1.92 bits per heavy atom. The molecule has 1 aromatic heterocycles. The molecule has 1 fully saturated rings. The number of aliphatic hydroxyl groups excluding tert-OH is 1. The van der Waals surface area contributed by atoms with Gasteiger partial charge < -0.3 is 19.5 Å². The van der Waals surface area contributed by atoms with Crippen LogP contribution >= 0.6 is 11.3 Å². The molecule has 38 heavy (non-hydrogen) atoms. The summed E-state index contributed by atoms with van der Waals surface area (Å²) < 4.78 is 40.0. The van der Waals surface area contributed by atoms with Crippen LogP contribution in [0.25, 0.3) is 21.0 Å². The Bertz CT molecular complexity index is 1400. The van der Waals surface area contributed by atoms with Crippen molar-refractivity contribution in [3.05, 3.63) is 48.7 Å². The Morgan fingerprint density at radius 3 is 2.53 bits per heavy atom. The van der Waals surface area contributed by atoms with Crippen LogP contribution in [0.5, 0.6) is 0 Å². The number of benzene rings is 2. The normalized spacial score (nSPS) is 16.2. The van der Waals surface area contributed by atoms with Crippen molar-refractivity contribution < 1.29 is 27.8 Å². The first-order valence-electron chi connectivity index (χ1n) is 12.1. The van der Waals surface area contributed by atoms with Gasteiger partial charge in [-0.3, -0.25) is 5.32 Å². The largest absolute Gasteiger partial charge is 0.447 e. The minimum Gasteiger partial charge on any atom is -0.447 e. The molecule has 12 heteroatoms. The fourth-order valence-corrected chi connectivity index (χ4v) is 6.56. The van der Waals surface area contributed by atoms with Gasteiger partial charge in [-0.2, -0.15) is 0 Å². The van der Waals surface area contributed by atoms with Crippen LogP contribution in [0.3, 0.4) is 0 Å². The number of aliphatic hydroxyl groups is 1. The number of hydrogen-bond acceptors (Lipinski definition) is 9. The Kier molecular flexibility index (Phi) is 8.09. The highest BCUT2D eigenvalue weighted by Gasteiger charge is 2.29. The number of ether oxygens (including phenoxy) is 2. The molecule has 1 saturated heterocycles. The second kappa shape index (κ2) is 11.0. The zero-order valence-corrected chi connectivity index (χ0v) is 23.5. The zero-order chi connectivity index (χ0) is 27.7. The number of hydrogen-bond donors (Lipinski definition) is 3. The Hall–Kier alpha value is -3.03. The van der Waals surface area contributed by atoms with Gasteiger partial charge in [-0.15, -0.1) is 11.3 Å². The lowest BCUT2D eigenvalue weighted by molar-refractivity contribution is -0.0573. The minimum atomic E-state index is -3.92.